The Balaban J connectivity index is 2.37. The lowest BCUT2D eigenvalue weighted by molar-refractivity contribution is -0.147. The number of methoxy groups -OCH3 is 1. The van der Waals surface area contributed by atoms with E-state index in [-0.39, 0.29) is 12.5 Å². The van der Waals surface area contributed by atoms with Crippen LogP contribution < -0.4 is 14.8 Å². The summed E-state index contributed by atoms with van der Waals surface area (Å²) in [4.78, 5) is 22.6. The van der Waals surface area contributed by atoms with Gasteiger partial charge in [-0.05, 0) is 51.0 Å². The molecule has 6 heteroatoms. The minimum atomic E-state index is -0.883. The van der Waals surface area contributed by atoms with E-state index in [1.807, 2.05) is 6.92 Å². The number of nitrogens with one attached hydrogen (secondary N) is 1. The normalized spacial score (nSPS) is 10.9. The van der Waals surface area contributed by atoms with Gasteiger partial charge in [-0.25, -0.2) is 0 Å². The Hall–Kier alpha value is -2.24. The van der Waals surface area contributed by atoms with E-state index in [0.29, 0.717) is 18.7 Å². The summed E-state index contributed by atoms with van der Waals surface area (Å²) >= 11 is 0. The Bertz CT molecular complexity index is 539. The second-order valence-electron chi connectivity index (χ2n) is 5.71. The molecule has 0 aliphatic heterocycles. The number of hydrogen-bond acceptors (Lipinski definition) is 4. The smallest absolute Gasteiger partial charge is 0.309 e. The number of amides is 1. The van der Waals surface area contributed by atoms with Crippen LogP contribution in [0.2, 0.25) is 0 Å². The van der Waals surface area contributed by atoms with Crippen LogP contribution in [0.5, 0.6) is 11.5 Å². The van der Waals surface area contributed by atoms with Gasteiger partial charge in [-0.15, -0.1) is 0 Å². The highest BCUT2D eigenvalue weighted by atomic mass is 16.5. The fourth-order valence-electron chi connectivity index (χ4n) is 1.76. The first-order valence-corrected chi connectivity index (χ1v) is 7.04. The van der Waals surface area contributed by atoms with Gasteiger partial charge in [0.05, 0.1) is 12.5 Å². The third-order valence-corrected chi connectivity index (χ3v) is 3.39. The molecular weight excluding hydrogens is 286 g/mol. The highest BCUT2D eigenvalue weighted by Gasteiger charge is 2.26. The van der Waals surface area contributed by atoms with Gasteiger partial charge in [0.1, 0.15) is 11.5 Å². The van der Waals surface area contributed by atoms with Crippen LogP contribution in [0.25, 0.3) is 0 Å². The van der Waals surface area contributed by atoms with Crippen LogP contribution >= 0.6 is 0 Å². The predicted molar refractivity (Wildman–Crippen MR) is 82.3 cm³/mol. The lowest BCUT2D eigenvalue weighted by atomic mass is 9.90. The number of carbonyl (C=O) groups excluding carboxylic acids is 1. The molecular formula is C16H23NO5. The molecule has 6 nitrogen and oxygen atoms in total. The molecule has 0 atom stereocenters. The van der Waals surface area contributed by atoms with E-state index in [2.05, 4.69) is 5.32 Å². The van der Waals surface area contributed by atoms with Gasteiger partial charge in [0.25, 0.3) is 5.91 Å². The molecule has 0 aliphatic rings. The van der Waals surface area contributed by atoms with Crippen LogP contribution in [-0.2, 0) is 9.59 Å². The van der Waals surface area contributed by atoms with Crippen LogP contribution in [0.3, 0.4) is 0 Å². The van der Waals surface area contributed by atoms with Crippen LogP contribution in [0.1, 0.15) is 25.8 Å². The van der Waals surface area contributed by atoms with Crippen molar-refractivity contribution in [2.24, 2.45) is 5.41 Å². The van der Waals surface area contributed by atoms with Gasteiger partial charge in [-0.1, -0.05) is 0 Å². The number of aryl methyl sites for hydroxylation is 1. The number of ether oxygens (including phenoxy) is 2. The SMILES string of the molecule is COc1ccc(OCC(=O)NCCC(C)(C)C(=O)O)cc1C. The van der Waals surface area contributed by atoms with Crippen molar-refractivity contribution in [2.45, 2.75) is 27.2 Å². The molecule has 1 amide bonds. The number of carboxylic acid groups (broad SMARTS) is 1. The van der Waals surface area contributed by atoms with E-state index in [0.717, 1.165) is 11.3 Å². The first-order chi connectivity index (χ1) is 10.3. The second kappa shape index (κ2) is 7.68. The van der Waals surface area contributed by atoms with Gasteiger partial charge < -0.3 is 19.9 Å². The van der Waals surface area contributed by atoms with E-state index < -0.39 is 11.4 Å². The highest BCUT2D eigenvalue weighted by molar-refractivity contribution is 5.77. The maximum Gasteiger partial charge on any atom is 0.309 e. The maximum atomic E-state index is 11.7. The molecule has 0 aliphatic carbocycles. The van der Waals surface area contributed by atoms with Gasteiger partial charge >= 0.3 is 5.97 Å². The number of carbonyl (C=O) groups is 2. The number of hydrogen-bond donors (Lipinski definition) is 2. The van der Waals surface area contributed by atoms with Crippen LogP contribution in [0.15, 0.2) is 18.2 Å². The Kier molecular flexibility index (Phi) is 6.22. The van der Waals surface area contributed by atoms with Crippen molar-refractivity contribution in [3.63, 3.8) is 0 Å². The lowest BCUT2D eigenvalue weighted by Crippen LogP contribution is -2.34. The Morgan fingerprint density at radius 1 is 1.32 bits per heavy atom. The molecule has 0 aromatic heterocycles. The van der Waals surface area contributed by atoms with Crippen molar-refractivity contribution in [1.29, 1.82) is 0 Å². The van der Waals surface area contributed by atoms with Crippen molar-refractivity contribution in [3.05, 3.63) is 23.8 Å². The number of carboxylic acids is 1. The van der Waals surface area contributed by atoms with Crippen molar-refractivity contribution >= 4 is 11.9 Å². The summed E-state index contributed by atoms with van der Waals surface area (Å²) in [6, 6.07) is 5.30. The van der Waals surface area contributed by atoms with Gasteiger partial charge in [0.15, 0.2) is 6.61 Å². The second-order valence-corrected chi connectivity index (χ2v) is 5.71. The molecule has 0 saturated carbocycles. The topological polar surface area (TPSA) is 84.9 Å². The van der Waals surface area contributed by atoms with E-state index in [1.165, 1.54) is 0 Å². The van der Waals surface area contributed by atoms with Crippen LogP contribution in [0, 0.1) is 12.3 Å². The van der Waals surface area contributed by atoms with Crippen molar-refractivity contribution < 1.29 is 24.2 Å². The lowest BCUT2D eigenvalue weighted by Gasteiger charge is -2.18. The molecule has 0 saturated heterocycles. The minimum Gasteiger partial charge on any atom is -0.496 e. The van der Waals surface area contributed by atoms with Gasteiger partial charge in [-0.2, -0.15) is 0 Å². The molecule has 2 N–H and O–H groups in total. The van der Waals surface area contributed by atoms with Crippen LogP contribution in [0.4, 0.5) is 0 Å². The van der Waals surface area contributed by atoms with Crippen LogP contribution in [-0.4, -0.2) is 37.2 Å². The van der Waals surface area contributed by atoms with Gasteiger partial charge in [0, 0.05) is 6.54 Å². The van der Waals surface area contributed by atoms with Crippen molar-refractivity contribution in [2.75, 3.05) is 20.3 Å². The highest BCUT2D eigenvalue weighted by Crippen LogP contribution is 2.23. The number of rotatable bonds is 8. The summed E-state index contributed by atoms with van der Waals surface area (Å²) < 4.78 is 10.5. The first-order valence-electron chi connectivity index (χ1n) is 7.04. The predicted octanol–water partition coefficient (Wildman–Crippen LogP) is 2.00. The summed E-state index contributed by atoms with van der Waals surface area (Å²) in [5, 5.41) is 11.6. The number of aliphatic carboxylic acids is 1. The largest absolute Gasteiger partial charge is 0.496 e. The summed E-state index contributed by atoms with van der Waals surface area (Å²) in [5.74, 6) is 0.174. The Labute approximate surface area is 130 Å². The van der Waals surface area contributed by atoms with E-state index in [9.17, 15) is 9.59 Å². The number of benzene rings is 1. The average Bonchev–Trinajstić information content (AvgIpc) is 2.45. The molecule has 0 unspecified atom stereocenters. The fourth-order valence-corrected chi connectivity index (χ4v) is 1.76. The molecule has 1 aromatic carbocycles. The zero-order chi connectivity index (χ0) is 16.8. The zero-order valence-corrected chi connectivity index (χ0v) is 13.4. The third-order valence-electron chi connectivity index (χ3n) is 3.39. The van der Waals surface area contributed by atoms with Crippen molar-refractivity contribution in [1.82, 2.24) is 5.32 Å². The van der Waals surface area contributed by atoms with Gasteiger partial charge in [-0.3, -0.25) is 9.59 Å². The molecule has 22 heavy (non-hydrogen) atoms. The summed E-state index contributed by atoms with van der Waals surface area (Å²) in [6.07, 6.45) is 0.357. The molecule has 0 radical (unpaired) electrons. The molecule has 0 bridgehead atoms. The minimum absolute atomic E-state index is 0.112. The standard InChI is InChI=1S/C16H23NO5/c1-11-9-12(5-6-13(11)21-4)22-10-14(18)17-8-7-16(2,3)15(19)20/h5-6,9H,7-8,10H2,1-4H3,(H,17,18)(H,19,20). The van der Waals surface area contributed by atoms with Gasteiger partial charge in [0.2, 0.25) is 0 Å². The summed E-state index contributed by atoms with van der Waals surface area (Å²) in [6.45, 7) is 5.32. The van der Waals surface area contributed by atoms with Crippen molar-refractivity contribution in [3.8, 4) is 11.5 Å². The molecule has 1 aromatic rings. The molecule has 0 fully saturated rings. The Morgan fingerprint density at radius 3 is 2.55 bits per heavy atom. The molecule has 0 spiro atoms. The molecule has 122 valence electrons. The quantitative estimate of drug-likeness (QED) is 0.767. The third kappa shape index (κ3) is 5.27. The summed E-state index contributed by atoms with van der Waals surface area (Å²) in [5.41, 5.74) is 0.0601. The van der Waals surface area contributed by atoms with E-state index in [4.69, 9.17) is 14.6 Å². The van der Waals surface area contributed by atoms with E-state index in [1.54, 1.807) is 39.2 Å². The zero-order valence-electron chi connectivity index (χ0n) is 13.4. The Morgan fingerprint density at radius 2 is 2.00 bits per heavy atom. The maximum absolute atomic E-state index is 11.7. The fraction of sp³-hybridized carbons (Fsp3) is 0.500. The average molecular weight is 309 g/mol. The molecule has 0 heterocycles. The van der Waals surface area contributed by atoms with E-state index >= 15 is 0 Å². The summed E-state index contributed by atoms with van der Waals surface area (Å²) in [7, 11) is 1.59. The first kappa shape index (κ1) is 17.8. The molecule has 1 rings (SSSR count). The monoisotopic (exact) mass is 309 g/mol.